The van der Waals surface area contributed by atoms with Crippen molar-refractivity contribution >= 4 is 40.7 Å². The molecule has 33 heavy (non-hydrogen) atoms. The maximum absolute atomic E-state index is 12.5. The largest absolute Gasteiger partial charge is 0.482 e. The lowest BCUT2D eigenvalue weighted by atomic mass is 10.1. The molecule has 2 aromatic carbocycles. The van der Waals surface area contributed by atoms with Crippen molar-refractivity contribution < 1.29 is 14.3 Å². The summed E-state index contributed by atoms with van der Waals surface area (Å²) in [7, 11) is 0. The van der Waals surface area contributed by atoms with E-state index in [1.807, 2.05) is 30.5 Å². The summed E-state index contributed by atoms with van der Waals surface area (Å²) in [6, 6.07) is 12.3. The first-order chi connectivity index (χ1) is 15.8. The average Bonchev–Trinajstić information content (AvgIpc) is 3.17. The molecule has 0 aliphatic rings. The lowest BCUT2D eigenvalue weighted by Crippen LogP contribution is -2.16. The van der Waals surface area contributed by atoms with E-state index in [9.17, 15) is 9.59 Å². The van der Waals surface area contributed by atoms with Gasteiger partial charge in [-0.3, -0.25) is 14.2 Å². The van der Waals surface area contributed by atoms with Crippen LogP contribution in [0.1, 0.15) is 41.7 Å². The molecule has 9 heteroatoms. The summed E-state index contributed by atoms with van der Waals surface area (Å²) in [5.74, 6) is 1.19. The summed E-state index contributed by atoms with van der Waals surface area (Å²) < 4.78 is 7.96. The molecule has 0 radical (unpaired) electrons. The average molecular weight is 485 g/mol. The van der Waals surface area contributed by atoms with E-state index >= 15 is 0 Å². The van der Waals surface area contributed by atoms with E-state index in [0.717, 1.165) is 5.56 Å². The molecule has 0 spiro atoms. The van der Waals surface area contributed by atoms with E-state index in [1.165, 1.54) is 18.7 Å². The van der Waals surface area contributed by atoms with Gasteiger partial charge in [-0.2, -0.15) is 0 Å². The number of ether oxygens (including phenoxy) is 1. The number of hydrogen-bond donors (Lipinski definition) is 1. The van der Waals surface area contributed by atoms with Crippen molar-refractivity contribution in [1.82, 2.24) is 14.8 Å². The number of anilines is 1. The third kappa shape index (κ3) is 6.46. The van der Waals surface area contributed by atoms with Gasteiger partial charge in [0.05, 0.1) is 5.75 Å². The molecule has 0 aliphatic heterocycles. The van der Waals surface area contributed by atoms with E-state index in [-0.39, 0.29) is 23.5 Å². The SMILES string of the molecule is C=CCn1c(SCC(=O)Nc2cccc(C(C)=O)c2)nnc1C(C)Oc1ccc(Cl)cc1C. The molecule has 0 bridgehead atoms. The Labute approximate surface area is 202 Å². The highest BCUT2D eigenvalue weighted by Crippen LogP contribution is 2.28. The quantitative estimate of drug-likeness (QED) is 0.232. The van der Waals surface area contributed by atoms with Crippen LogP contribution in [0.2, 0.25) is 5.02 Å². The predicted molar refractivity (Wildman–Crippen MR) is 131 cm³/mol. The number of nitrogens with zero attached hydrogens (tertiary/aromatic N) is 3. The number of rotatable bonds is 10. The number of aryl methyl sites for hydroxylation is 1. The van der Waals surface area contributed by atoms with Gasteiger partial charge in [0, 0.05) is 22.8 Å². The smallest absolute Gasteiger partial charge is 0.234 e. The van der Waals surface area contributed by atoms with Crippen molar-refractivity contribution in [2.75, 3.05) is 11.1 Å². The zero-order chi connectivity index (χ0) is 24.0. The Hall–Kier alpha value is -3.10. The number of nitrogens with one attached hydrogen (secondary N) is 1. The van der Waals surface area contributed by atoms with Crippen LogP contribution >= 0.6 is 23.4 Å². The third-order valence-electron chi connectivity index (χ3n) is 4.75. The van der Waals surface area contributed by atoms with E-state index in [4.69, 9.17) is 16.3 Å². The summed E-state index contributed by atoms with van der Waals surface area (Å²) in [5.41, 5.74) is 2.03. The van der Waals surface area contributed by atoms with Gasteiger partial charge in [-0.05, 0) is 56.7 Å². The van der Waals surface area contributed by atoms with Crippen molar-refractivity contribution in [2.24, 2.45) is 0 Å². The number of thioether (sulfide) groups is 1. The van der Waals surface area contributed by atoms with Crippen LogP contribution < -0.4 is 10.1 Å². The van der Waals surface area contributed by atoms with Crippen LogP contribution in [0, 0.1) is 6.92 Å². The highest BCUT2D eigenvalue weighted by Gasteiger charge is 2.20. The molecule has 3 rings (SSSR count). The Bertz CT molecular complexity index is 1180. The van der Waals surface area contributed by atoms with Gasteiger partial charge in [-0.15, -0.1) is 16.8 Å². The first-order valence-electron chi connectivity index (χ1n) is 10.3. The zero-order valence-corrected chi connectivity index (χ0v) is 20.2. The van der Waals surface area contributed by atoms with Crippen molar-refractivity contribution in [1.29, 1.82) is 0 Å². The van der Waals surface area contributed by atoms with Crippen LogP contribution in [-0.2, 0) is 11.3 Å². The van der Waals surface area contributed by atoms with E-state index < -0.39 is 0 Å². The number of carbonyl (C=O) groups excluding carboxylic acids is 2. The summed E-state index contributed by atoms with van der Waals surface area (Å²) in [6.45, 7) is 9.58. The minimum absolute atomic E-state index is 0.0596. The molecule has 0 fully saturated rings. The number of ketones is 1. The van der Waals surface area contributed by atoms with Gasteiger partial charge in [0.25, 0.3) is 0 Å². The molecule has 1 unspecified atom stereocenters. The third-order valence-corrected chi connectivity index (χ3v) is 5.95. The van der Waals surface area contributed by atoms with Crippen LogP contribution in [0.25, 0.3) is 0 Å². The zero-order valence-electron chi connectivity index (χ0n) is 18.7. The Morgan fingerprint density at radius 2 is 2.06 bits per heavy atom. The number of halogens is 1. The van der Waals surface area contributed by atoms with Crippen molar-refractivity contribution in [2.45, 2.75) is 38.6 Å². The van der Waals surface area contributed by atoms with Gasteiger partial charge in [0.15, 0.2) is 22.9 Å². The molecule has 0 saturated heterocycles. The number of aromatic nitrogens is 3. The van der Waals surface area contributed by atoms with Crippen LogP contribution in [0.4, 0.5) is 5.69 Å². The van der Waals surface area contributed by atoms with Crippen molar-refractivity contribution in [3.8, 4) is 5.75 Å². The second kappa shape index (κ2) is 11.2. The molecule has 3 aromatic rings. The number of benzene rings is 2. The predicted octanol–water partition coefficient (Wildman–Crippen LogP) is 5.50. The fraction of sp³-hybridized carbons (Fsp3) is 0.250. The molecule has 0 saturated carbocycles. The fourth-order valence-corrected chi connectivity index (χ4v) is 4.12. The van der Waals surface area contributed by atoms with Crippen LogP contribution in [0.3, 0.4) is 0 Å². The minimum Gasteiger partial charge on any atom is -0.482 e. The number of amides is 1. The molecule has 7 nitrogen and oxygen atoms in total. The standard InChI is InChI=1S/C24H25ClN4O3S/c1-5-11-29-23(17(4)32-21-10-9-19(25)12-15(21)2)27-28-24(29)33-14-22(31)26-20-8-6-7-18(13-20)16(3)30/h5-10,12-13,17H,1,11,14H2,2-4H3,(H,26,31). The molecule has 1 aromatic heterocycles. The molecular weight excluding hydrogens is 460 g/mol. The summed E-state index contributed by atoms with van der Waals surface area (Å²) in [5, 5.41) is 12.6. The number of hydrogen-bond acceptors (Lipinski definition) is 6. The second-order valence-corrected chi connectivity index (χ2v) is 8.76. The van der Waals surface area contributed by atoms with E-state index in [1.54, 1.807) is 36.4 Å². The Balaban J connectivity index is 1.68. The normalized spacial score (nSPS) is 11.6. The lowest BCUT2D eigenvalue weighted by molar-refractivity contribution is -0.113. The molecule has 1 N–H and O–H groups in total. The van der Waals surface area contributed by atoms with Crippen LogP contribution in [0.15, 0.2) is 60.3 Å². The molecule has 172 valence electrons. The van der Waals surface area contributed by atoms with Crippen molar-refractivity contribution in [3.63, 3.8) is 0 Å². The van der Waals surface area contributed by atoms with Crippen LogP contribution in [0.5, 0.6) is 5.75 Å². The van der Waals surface area contributed by atoms with E-state index in [0.29, 0.717) is 39.5 Å². The van der Waals surface area contributed by atoms with Gasteiger partial charge in [-0.1, -0.05) is 41.6 Å². The highest BCUT2D eigenvalue weighted by atomic mass is 35.5. The van der Waals surface area contributed by atoms with Gasteiger partial charge < -0.3 is 10.1 Å². The maximum Gasteiger partial charge on any atom is 0.234 e. The monoisotopic (exact) mass is 484 g/mol. The summed E-state index contributed by atoms with van der Waals surface area (Å²) >= 11 is 7.29. The Kier molecular flexibility index (Phi) is 8.30. The van der Waals surface area contributed by atoms with Crippen molar-refractivity contribution in [3.05, 3.63) is 77.1 Å². The first-order valence-corrected chi connectivity index (χ1v) is 11.6. The fourth-order valence-electron chi connectivity index (χ4n) is 3.14. The number of allylic oxidation sites excluding steroid dienone is 1. The van der Waals surface area contributed by atoms with Gasteiger partial charge in [0.2, 0.25) is 5.91 Å². The Morgan fingerprint density at radius 1 is 1.27 bits per heavy atom. The molecule has 1 atom stereocenters. The molecule has 1 heterocycles. The first kappa shape index (κ1) is 24.5. The molecular formula is C24H25ClN4O3S. The topological polar surface area (TPSA) is 86.1 Å². The molecule has 0 aliphatic carbocycles. The lowest BCUT2D eigenvalue weighted by Gasteiger charge is -2.17. The minimum atomic E-state index is -0.380. The molecule has 1 amide bonds. The summed E-state index contributed by atoms with van der Waals surface area (Å²) in [6.07, 6.45) is 1.36. The highest BCUT2D eigenvalue weighted by molar-refractivity contribution is 7.99. The summed E-state index contributed by atoms with van der Waals surface area (Å²) in [4.78, 5) is 24.0. The number of carbonyl (C=O) groups is 2. The van der Waals surface area contributed by atoms with Crippen LogP contribution in [-0.4, -0.2) is 32.2 Å². The van der Waals surface area contributed by atoms with Gasteiger partial charge >= 0.3 is 0 Å². The second-order valence-electron chi connectivity index (χ2n) is 7.38. The van der Waals surface area contributed by atoms with E-state index in [2.05, 4.69) is 22.1 Å². The van der Waals surface area contributed by atoms with Gasteiger partial charge in [0.1, 0.15) is 5.75 Å². The Morgan fingerprint density at radius 3 is 2.76 bits per heavy atom. The van der Waals surface area contributed by atoms with Gasteiger partial charge in [-0.25, -0.2) is 0 Å². The number of Topliss-reactive ketones (excluding diaryl/α,β-unsaturated/α-hetero) is 1. The maximum atomic E-state index is 12.5.